The third kappa shape index (κ3) is 2.26. The highest BCUT2D eigenvalue weighted by molar-refractivity contribution is 7.13. The molecule has 0 amide bonds. The van der Waals surface area contributed by atoms with Gasteiger partial charge in [0.15, 0.2) is 5.13 Å². The molecule has 0 fully saturated rings. The Morgan fingerprint density at radius 1 is 1.12 bits per heavy atom. The van der Waals surface area contributed by atoms with Crippen molar-refractivity contribution < 1.29 is 0 Å². The summed E-state index contributed by atoms with van der Waals surface area (Å²) in [5, 5.41) is 7.38. The van der Waals surface area contributed by atoms with Crippen LogP contribution in [-0.4, -0.2) is 9.97 Å². The monoisotopic (exact) mass is 241 g/mol. The van der Waals surface area contributed by atoms with E-state index in [1.807, 2.05) is 23.7 Å². The summed E-state index contributed by atoms with van der Waals surface area (Å²) in [6.45, 7) is 0.790. The number of nitrogens with one attached hydrogen (secondary N) is 1. The van der Waals surface area contributed by atoms with Crippen molar-refractivity contribution >= 4 is 27.4 Å². The quantitative estimate of drug-likeness (QED) is 0.764. The number of nitrogens with zero attached hydrogens (tertiary/aromatic N) is 2. The second-order valence-electron chi connectivity index (χ2n) is 3.72. The van der Waals surface area contributed by atoms with Crippen LogP contribution in [0.1, 0.15) is 5.56 Å². The van der Waals surface area contributed by atoms with E-state index < -0.39 is 0 Å². The molecule has 0 saturated carbocycles. The van der Waals surface area contributed by atoms with E-state index in [1.54, 1.807) is 17.5 Å². The van der Waals surface area contributed by atoms with E-state index in [1.165, 1.54) is 10.9 Å². The Kier molecular flexibility index (Phi) is 2.71. The molecule has 0 saturated heterocycles. The van der Waals surface area contributed by atoms with Crippen molar-refractivity contribution in [1.29, 1.82) is 0 Å². The lowest BCUT2D eigenvalue weighted by molar-refractivity contribution is 1.14. The smallest absolute Gasteiger partial charge is 0.182 e. The van der Waals surface area contributed by atoms with Gasteiger partial charge in [-0.2, -0.15) is 0 Å². The molecule has 1 N–H and O–H groups in total. The number of benzene rings is 1. The maximum absolute atomic E-state index is 4.30. The minimum absolute atomic E-state index is 0.790. The van der Waals surface area contributed by atoms with Gasteiger partial charge in [0, 0.05) is 29.7 Å². The first kappa shape index (κ1) is 10.2. The molecule has 0 spiro atoms. The number of thiazole rings is 1. The molecule has 1 aromatic carbocycles. The Morgan fingerprint density at radius 2 is 2.12 bits per heavy atom. The summed E-state index contributed by atoms with van der Waals surface area (Å²) < 4.78 is 0. The summed E-state index contributed by atoms with van der Waals surface area (Å²) in [4.78, 5) is 8.49. The van der Waals surface area contributed by atoms with Crippen molar-refractivity contribution in [1.82, 2.24) is 9.97 Å². The fraction of sp³-hybridized carbons (Fsp3) is 0.0769. The van der Waals surface area contributed by atoms with Crippen LogP contribution in [0.2, 0.25) is 0 Å². The van der Waals surface area contributed by atoms with E-state index in [4.69, 9.17) is 0 Å². The number of hydrogen-bond donors (Lipinski definition) is 1. The lowest BCUT2D eigenvalue weighted by Gasteiger charge is -2.04. The third-order valence-corrected chi connectivity index (χ3v) is 3.27. The van der Waals surface area contributed by atoms with Crippen molar-refractivity contribution in [2.45, 2.75) is 6.54 Å². The first-order valence-electron chi connectivity index (χ1n) is 5.39. The molecule has 0 atom stereocenters. The Labute approximate surface area is 103 Å². The molecule has 0 aliphatic rings. The van der Waals surface area contributed by atoms with Crippen LogP contribution in [0.4, 0.5) is 5.13 Å². The molecular weight excluding hydrogens is 230 g/mol. The summed E-state index contributed by atoms with van der Waals surface area (Å²) in [6.07, 6.45) is 3.62. The molecule has 0 bridgehead atoms. The molecule has 0 radical (unpaired) electrons. The van der Waals surface area contributed by atoms with Crippen LogP contribution >= 0.6 is 11.3 Å². The number of fused-ring (bicyclic) bond motifs is 1. The molecule has 3 aromatic rings. The minimum atomic E-state index is 0.790. The Hall–Kier alpha value is -1.94. The molecule has 0 aliphatic carbocycles. The van der Waals surface area contributed by atoms with Crippen molar-refractivity contribution in [2.24, 2.45) is 0 Å². The van der Waals surface area contributed by atoms with Gasteiger partial charge in [-0.3, -0.25) is 4.98 Å². The number of anilines is 1. The van der Waals surface area contributed by atoms with E-state index >= 15 is 0 Å². The van der Waals surface area contributed by atoms with Gasteiger partial charge in [0.05, 0.1) is 5.52 Å². The van der Waals surface area contributed by atoms with Gasteiger partial charge in [-0.15, -0.1) is 11.3 Å². The van der Waals surface area contributed by atoms with Crippen molar-refractivity contribution in [3.05, 3.63) is 53.7 Å². The Bertz CT molecular complexity index is 619. The van der Waals surface area contributed by atoms with Crippen molar-refractivity contribution in [3.8, 4) is 0 Å². The van der Waals surface area contributed by atoms with Gasteiger partial charge >= 0.3 is 0 Å². The van der Waals surface area contributed by atoms with Gasteiger partial charge in [0.1, 0.15) is 0 Å². The fourth-order valence-electron chi connectivity index (χ4n) is 1.72. The van der Waals surface area contributed by atoms with E-state index in [9.17, 15) is 0 Å². The maximum atomic E-state index is 4.30. The lowest BCUT2D eigenvalue weighted by Crippen LogP contribution is -1.98. The van der Waals surface area contributed by atoms with E-state index in [2.05, 4.69) is 33.5 Å². The highest BCUT2D eigenvalue weighted by Gasteiger charge is 1.98. The van der Waals surface area contributed by atoms with Crippen LogP contribution in [0.15, 0.2) is 48.1 Å². The van der Waals surface area contributed by atoms with Gasteiger partial charge in [-0.05, 0) is 23.8 Å². The second-order valence-corrected chi connectivity index (χ2v) is 4.62. The summed E-state index contributed by atoms with van der Waals surface area (Å²) in [6, 6.07) is 10.3. The van der Waals surface area contributed by atoms with Crippen molar-refractivity contribution in [2.75, 3.05) is 5.32 Å². The topological polar surface area (TPSA) is 37.8 Å². The zero-order chi connectivity index (χ0) is 11.5. The molecule has 3 rings (SSSR count). The molecular formula is C13H11N3S. The maximum Gasteiger partial charge on any atom is 0.182 e. The van der Waals surface area contributed by atoms with Crippen LogP contribution in [0.3, 0.4) is 0 Å². The largest absolute Gasteiger partial charge is 0.357 e. The van der Waals surface area contributed by atoms with Crippen LogP contribution in [0.25, 0.3) is 10.9 Å². The first-order valence-corrected chi connectivity index (χ1v) is 6.27. The predicted molar refractivity (Wildman–Crippen MR) is 71.2 cm³/mol. The molecule has 3 nitrogen and oxygen atoms in total. The van der Waals surface area contributed by atoms with Crippen molar-refractivity contribution in [3.63, 3.8) is 0 Å². The number of aromatic nitrogens is 2. The number of rotatable bonds is 3. The molecule has 84 valence electrons. The van der Waals surface area contributed by atoms with Gasteiger partial charge in [-0.25, -0.2) is 4.98 Å². The zero-order valence-corrected chi connectivity index (χ0v) is 9.95. The Balaban J connectivity index is 1.81. The zero-order valence-electron chi connectivity index (χ0n) is 9.13. The van der Waals surface area contributed by atoms with Gasteiger partial charge in [-0.1, -0.05) is 12.1 Å². The van der Waals surface area contributed by atoms with Crippen LogP contribution in [-0.2, 0) is 6.54 Å². The third-order valence-electron chi connectivity index (χ3n) is 2.54. The van der Waals surface area contributed by atoms with E-state index in [0.717, 1.165) is 17.2 Å². The lowest BCUT2D eigenvalue weighted by atomic mass is 10.1. The molecule has 0 unspecified atom stereocenters. The van der Waals surface area contributed by atoms with Crippen LogP contribution < -0.4 is 5.32 Å². The summed E-state index contributed by atoms with van der Waals surface area (Å²) in [7, 11) is 0. The summed E-state index contributed by atoms with van der Waals surface area (Å²) in [5.41, 5.74) is 2.27. The number of hydrogen-bond acceptors (Lipinski definition) is 4. The number of pyridine rings is 1. The predicted octanol–water partition coefficient (Wildman–Crippen LogP) is 3.30. The molecule has 4 heteroatoms. The average Bonchev–Trinajstić information content (AvgIpc) is 2.89. The van der Waals surface area contributed by atoms with E-state index in [-0.39, 0.29) is 0 Å². The normalized spacial score (nSPS) is 10.6. The average molecular weight is 241 g/mol. The SMILES string of the molecule is c1cnc2ccc(CNc3nccs3)cc2c1. The minimum Gasteiger partial charge on any atom is -0.357 e. The highest BCUT2D eigenvalue weighted by atomic mass is 32.1. The van der Waals surface area contributed by atoms with Gasteiger partial charge in [0.25, 0.3) is 0 Å². The molecule has 17 heavy (non-hydrogen) atoms. The fourth-order valence-corrected chi connectivity index (χ4v) is 2.25. The van der Waals surface area contributed by atoms with E-state index in [0.29, 0.717) is 0 Å². The standard InChI is InChI=1S/C13H11N3S/c1-2-11-8-10(3-4-12(11)14-5-1)9-16-13-15-6-7-17-13/h1-8H,9H2,(H,15,16). The second kappa shape index (κ2) is 4.51. The first-order chi connectivity index (χ1) is 8.42. The van der Waals surface area contributed by atoms with Gasteiger partial charge in [0.2, 0.25) is 0 Å². The van der Waals surface area contributed by atoms with Crippen LogP contribution in [0.5, 0.6) is 0 Å². The van der Waals surface area contributed by atoms with Crippen LogP contribution in [0, 0.1) is 0 Å². The summed E-state index contributed by atoms with van der Waals surface area (Å²) >= 11 is 1.61. The molecule has 2 heterocycles. The molecule has 2 aromatic heterocycles. The highest BCUT2D eigenvalue weighted by Crippen LogP contribution is 2.16. The van der Waals surface area contributed by atoms with Gasteiger partial charge < -0.3 is 5.32 Å². The Morgan fingerprint density at radius 3 is 3.00 bits per heavy atom. The molecule has 0 aliphatic heterocycles. The summed E-state index contributed by atoms with van der Waals surface area (Å²) in [5.74, 6) is 0.